The molecule has 0 atom stereocenters. The molecule has 1 rings (SSSR count). The molecular weight excluding hydrogens is 78.1 g/mol. The SMILES string of the molecule is [13CH]#[13C]C1=C[Si]1. The molecule has 1 heteroatoms. The van der Waals surface area contributed by atoms with E-state index in [2.05, 4.69) is 11.6 Å². The predicted molar refractivity (Wildman–Crippen MR) is 22.7 cm³/mol. The van der Waals surface area contributed by atoms with E-state index in [1.807, 2.05) is 0 Å². The Bertz CT molecular complexity index is 105. The quantitative estimate of drug-likeness (QED) is 0.221. The lowest BCUT2D eigenvalue weighted by atomic mass is 11.0. The van der Waals surface area contributed by atoms with E-state index >= 15 is 0 Å². The lowest BCUT2D eigenvalue weighted by molar-refractivity contribution is 2.31. The maximum absolute atomic E-state index is 4.92. The van der Waals surface area contributed by atoms with Crippen LogP contribution in [0.5, 0.6) is 0 Å². The lowest BCUT2D eigenvalue weighted by Gasteiger charge is -1.50. The summed E-state index contributed by atoms with van der Waals surface area (Å²) in [4.78, 5) is 0. The smallest absolute Gasteiger partial charge is 0.115 e. The molecule has 0 unspecified atom stereocenters. The summed E-state index contributed by atoms with van der Waals surface area (Å²) in [6.45, 7) is 0. The van der Waals surface area contributed by atoms with E-state index in [0.29, 0.717) is 0 Å². The largest absolute Gasteiger partial charge is 0.123 e. The molecule has 0 aromatic carbocycles. The second-order valence-electron chi connectivity index (χ2n) is 0.847. The second-order valence-corrected chi connectivity index (χ2v) is 1.96. The summed E-state index contributed by atoms with van der Waals surface area (Å²) in [5.74, 6) is 2.51. The minimum absolute atomic E-state index is 0.880. The van der Waals surface area contributed by atoms with Crippen molar-refractivity contribution in [1.29, 1.82) is 0 Å². The Morgan fingerprint density at radius 2 is 2.60 bits per heavy atom. The lowest BCUT2D eigenvalue weighted by Crippen LogP contribution is -1.52. The molecule has 1 heterocycles. The fraction of sp³-hybridized carbons (Fsp3) is 0. The van der Waals surface area contributed by atoms with Gasteiger partial charge in [0.1, 0.15) is 9.52 Å². The van der Waals surface area contributed by atoms with Gasteiger partial charge in [-0.25, -0.2) is 0 Å². The molecule has 0 bridgehead atoms. The van der Waals surface area contributed by atoms with Gasteiger partial charge in [-0.05, 0) is 5.20 Å². The Hall–Kier alpha value is -0.483. The highest BCUT2D eigenvalue weighted by Crippen LogP contribution is 2.01. The Kier molecular flexibility index (Phi) is 0.401. The van der Waals surface area contributed by atoms with Crippen molar-refractivity contribution in [3.8, 4) is 12.3 Å². The Balaban J connectivity index is 2.59. The first-order chi connectivity index (χ1) is 2.43. The van der Waals surface area contributed by atoms with Gasteiger partial charge in [-0.2, -0.15) is 0 Å². The zero-order valence-corrected chi connectivity index (χ0v) is 3.65. The summed E-state index contributed by atoms with van der Waals surface area (Å²) in [5, 5.41) is 1.19. The highest BCUT2D eigenvalue weighted by molar-refractivity contribution is 6.65. The highest BCUT2D eigenvalue weighted by Gasteiger charge is 2.01. The molecule has 0 fully saturated rings. The Morgan fingerprint density at radius 1 is 2.00 bits per heavy atom. The fourth-order valence-corrected chi connectivity index (χ4v) is 0.358. The van der Waals surface area contributed by atoms with E-state index < -0.39 is 0 Å². The number of terminal acetylenes is 1. The van der Waals surface area contributed by atoms with Crippen LogP contribution in [-0.2, 0) is 0 Å². The zero-order chi connectivity index (χ0) is 3.70. The van der Waals surface area contributed by atoms with Crippen LogP contribution in [0.25, 0.3) is 0 Å². The third-order valence-corrected chi connectivity index (χ3v) is 1.17. The molecule has 22 valence electrons. The summed E-state index contributed by atoms with van der Waals surface area (Å²) in [5.41, 5.74) is 2.06. The zero-order valence-electron chi connectivity index (χ0n) is 2.65. The van der Waals surface area contributed by atoms with Gasteiger partial charge in [0.25, 0.3) is 0 Å². The number of hydrogen-bond acceptors (Lipinski definition) is 0. The van der Waals surface area contributed by atoms with Gasteiger partial charge in [0.15, 0.2) is 0 Å². The maximum Gasteiger partial charge on any atom is 0.123 e. The molecule has 1 aliphatic heterocycles. The minimum Gasteiger partial charge on any atom is -0.115 e. The van der Waals surface area contributed by atoms with Gasteiger partial charge in [-0.1, -0.05) is 11.6 Å². The molecule has 0 amide bonds. The summed E-state index contributed by atoms with van der Waals surface area (Å²) in [6, 6.07) is 0. The van der Waals surface area contributed by atoms with E-state index in [4.69, 9.17) is 6.42 Å². The second kappa shape index (κ2) is 0.732. The van der Waals surface area contributed by atoms with Crippen LogP contribution in [-0.4, -0.2) is 9.52 Å². The molecule has 0 aliphatic carbocycles. The summed E-state index contributed by atoms with van der Waals surface area (Å²) < 4.78 is 0. The third kappa shape index (κ3) is 0.397. The first kappa shape index (κ1) is 2.74. The number of hydrogen-bond donors (Lipinski definition) is 0. The van der Waals surface area contributed by atoms with E-state index in [1.54, 1.807) is 0 Å². The summed E-state index contributed by atoms with van der Waals surface area (Å²) in [6.07, 6.45) is 4.92. The monoisotopic (exact) mass is 80.0 g/mol. The van der Waals surface area contributed by atoms with Crippen molar-refractivity contribution < 1.29 is 0 Å². The molecule has 0 nitrogen and oxygen atoms in total. The van der Waals surface area contributed by atoms with Crippen LogP contribution < -0.4 is 0 Å². The Morgan fingerprint density at radius 3 is 2.60 bits per heavy atom. The van der Waals surface area contributed by atoms with Gasteiger partial charge in [-0.3, -0.25) is 0 Å². The average Bonchev–Trinajstić information content (AvgIpc) is 2.12. The van der Waals surface area contributed by atoms with Gasteiger partial charge in [0.2, 0.25) is 0 Å². The molecule has 0 spiro atoms. The topological polar surface area (TPSA) is 0 Å². The van der Waals surface area contributed by atoms with Crippen LogP contribution in [0.3, 0.4) is 0 Å². The van der Waals surface area contributed by atoms with Crippen molar-refractivity contribution in [3.63, 3.8) is 0 Å². The van der Waals surface area contributed by atoms with Crippen molar-refractivity contribution in [1.82, 2.24) is 0 Å². The van der Waals surface area contributed by atoms with Crippen molar-refractivity contribution in [2.75, 3.05) is 0 Å². The normalized spacial score (nSPS) is 16.2. The van der Waals surface area contributed by atoms with E-state index in [-0.39, 0.29) is 0 Å². The molecule has 0 saturated carbocycles. The third-order valence-electron chi connectivity index (χ3n) is 0.444. The van der Waals surface area contributed by atoms with Gasteiger partial charge in [-0.15, -0.1) is 6.42 Å². The summed E-state index contributed by atoms with van der Waals surface area (Å²) in [7, 11) is 0.880. The van der Waals surface area contributed by atoms with Crippen LogP contribution >= 0.6 is 0 Å². The van der Waals surface area contributed by atoms with Crippen LogP contribution in [0.4, 0.5) is 0 Å². The van der Waals surface area contributed by atoms with Gasteiger partial charge >= 0.3 is 0 Å². The fourth-order valence-electron chi connectivity index (χ4n) is 0.119. The molecule has 0 N–H and O–H groups in total. The van der Waals surface area contributed by atoms with Gasteiger partial charge < -0.3 is 0 Å². The Labute approximate surface area is 33.7 Å². The van der Waals surface area contributed by atoms with Crippen molar-refractivity contribution >= 4 is 9.52 Å². The molecule has 5 heavy (non-hydrogen) atoms. The molecule has 0 aromatic heterocycles. The molecule has 1 aliphatic rings. The van der Waals surface area contributed by atoms with Crippen molar-refractivity contribution in [2.45, 2.75) is 0 Å². The van der Waals surface area contributed by atoms with Crippen LogP contribution in [0.1, 0.15) is 0 Å². The maximum atomic E-state index is 4.92. The van der Waals surface area contributed by atoms with Crippen LogP contribution in [0.15, 0.2) is 10.9 Å². The molecule has 0 saturated heterocycles. The number of allylic oxidation sites excluding steroid dienone is 1. The van der Waals surface area contributed by atoms with E-state index in [1.165, 1.54) is 5.20 Å². The predicted octanol–water partition coefficient (Wildman–Crippen LogP) is 0.179. The minimum atomic E-state index is 0.880. The molecule has 0 aromatic rings. The molecular formula is C4H2Si. The van der Waals surface area contributed by atoms with E-state index in [0.717, 1.165) is 9.52 Å². The number of rotatable bonds is 0. The van der Waals surface area contributed by atoms with Crippen LogP contribution in [0, 0.1) is 12.3 Å². The van der Waals surface area contributed by atoms with Gasteiger partial charge in [0.05, 0.1) is 0 Å². The first-order valence-electron chi connectivity index (χ1n) is 1.37. The standard InChI is InChI=1S/C4H2Si/c1-2-4-3-5-4/h1,3H/i1+1,2+1. The highest BCUT2D eigenvalue weighted by atomic mass is 28.2. The summed E-state index contributed by atoms with van der Waals surface area (Å²) >= 11 is 0. The average molecular weight is 80.1 g/mol. The van der Waals surface area contributed by atoms with E-state index in [9.17, 15) is 0 Å². The van der Waals surface area contributed by atoms with Gasteiger partial charge in [0, 0.05) is 0 Å². The van der Waals surface area contributed by atoms with Crippen LogP contribution in [0.2, 0.25) is 0 Å². The van der Waals surface area contributed by atoms with Crippen molar-refractivity contribution in [3.05, 3.63) is 10.9 Å². The first-order valence-corrected chi connectivity index (χ1v) is 2.44. The van der Waals surface area contributed by atoms with Crippen molar-refractivity contribution in [2.24, 2.45) is 0 Å². The molecule has 2 radical (unpaired) electrons.